The van der Waals surface area contributed by atoms with E-state index in [0.29, 0.717) is 6.54 Å². The van der Waals surface area contributed by atoms with E-state index < -0.39 is 16.1 Å². The van der Waals surface area contributed by atoms with E-state index in [1.54, 1.807) is 37.2 Å². The van der Waals surface area contributed by atoms with Crippen molar-refractivity contribution in [1.82, 2.24) is 15.1 Å². The molecule has 2 atom stereocenters. The van der Waals surface area contributed by atoms with Crippen molar-refractivity contribution in [3.05, 3.63) is 23.8 Å². The summed E-state index contributed by atoms with van der Waals surface area (Å²) in [4.78, 5) is 28.2. The van der Waals surface area contributed by atoms with Crippen LogP contribution in [0.2, 0.25) is 0 Å². The van der Waals surface area contributed by atoms with E-state index >= 15 is 0 Å². The second kappa shape index (κ2) is 8.89. The van der Waals surface area contributed by atoms with Crippen LogP contribution in [0.3, 0.4) is 0 Å². The van der Waals surface area contributed by atoms with Crippen LogP contribution >= 0.6 is 0 Å². The SMILES string of the molecule is CC(C)NC(=O)N(C)C[C@@H]1Oc2c(NS(C)(=O)=O)cccc2C(=O)N(C)C[C@H]1C. The number of hydrogen-bond donors (Lipinski definition) is 2. The van der Waals surface area contributed by atoms with Crippen LogP contribution < -0.4 is 14.8 Å². The Hall–Kier alpha value is -2.49. The van der Waals surface area contributed by atoms with Crippen LogP contribution in [0, 0.1) is 5.92 Å². The molecule has 1 heterocycles. The van der Waals surface area contributed by atoms with Gasteiger partial charge in [0.05, 0.1) is 24.1 Å². The van der Waals surface area contributed by atoms with E-state index in [-0.39, 0.29) is 47.4 Å². The lowest BCUT2D eigenvalue weighted by Gasteiger charge is -2.35. The zero-order valence-corrected chi connectivity index (χ0v) is 18.5. The van der Waals surface area contributed by atoms with Gasteiger partial charge in [0, 0.05) is 32.6 Å². The lowest BCUT2D eigenvalue weighted by Crippen LogP contribution is -2.49. The van der Waals surface area contributed by atoms with Crippen molar-refractivity contribution in [2.24, 2.45) is 5.92 Å². The number of nitrogens with zero attached hydrogens (tertiary/aromatic N) is 2. The number of benzene rings is 1. The topological polar surface area (TPSA) is 108 Å². The highest BCUT2D eigenvalue weighted by Crippen LogP contribution is 2.34. The molecule has 9 nitrogen and oxygen atoms in total. The summed E-state index contributed by atoms with van der Waals surface area (Å²) in [6.45, 7) is 6.39. The maximum atomic E-state index is 12.8. The Balaban J connectivity index is 2.41. The molecule has 2 N–H and O–H groups in total. The quantitative estimate of drug-likeness (QED) is 0.743. The number of fused-ring (bicyclic) bond motifs is 1. The highest BCUT2D eigenvalue weighted by atomic mass is 32.2. The minimum absolute atomic E-state index is 0.00401. The molecule has 162 valence electrons. The van der Waals surface area contributed by atoms with Gasteiger partial charge in [0.2, 0.25) is 10.0 Å². The van der Waals surface area contributed by atoms with Crippen molar-refractivity contribution >= 4 is 27.6 Å². The Morgan fingerprint density at radius 3 is 2.62 bits per heavy atom. The van der Waals surface area contributed by atoms with Gasteiger partial charge in [-0.05, 0) is 26.0 Å². The summed E-state index contributed by atoms with van der Waals surface area (Å²) >= 11 is 0. The van der Waals surface area contributed by atoms with Gasteiger partial charge in [0.25, 0.3) is 5.91 Å². The number of carbonyl (C=O) groups is 2. The van der Waals surface area contributed by atoms with Crippen LogP contribution in [0.15, 0.2) is 18.2 Å². The summed E-state index contributed by atoms with van der Waals surface area (Å²) in [5.41, 5.74) is 0.465. The zero-order valence-electron chi connectivity index (χ0n) is 17.7. The van der Waals surface area contributed by atoms with Crippen molar-refractivity contribution in [2.75, 3.05) is 38.2 Å². The van der Waals surface area contributed by atoms with Gasteiger partial charge in [-0.2, -0.15) is 0 Å². The lowest BCUT2D eigenvalue weighted by molar-refractivity contribution is 0.0579. The monoisotopic (exact) mass is 426 g/mol. The number of amides is 3. The first kappa shape index (κ1) is 22.8. The van der Waals surface area contributed by atoms with Gasteiger partial charge in [-0.3, -0.25) is 9.52 Å². The van der Waals surface area contributed by atoms with Gasteiger partial charge < -0.3 is 19.9 Å². The van der Waals surface area contributed by atoms with Crippen molar-refractivity contribution in [3.8, 4) is 5.75 Å². The van der Waals surface area contributed by atoms with Gasteiger partial charge in [-0.25, -0.2) is 13.2 Å². The van der Waals surface area contributed by atoms with E-state index in [1.165, 1.54) is 4.90 Å². The molecule has 29 heavy (non-hydrogen) atoms. The number of likely N-dealkylation sites (N-methyl/N-ethyl adjacent to an activating group) is 1. The number of sulfonamides is 1. The molecule has 0 fully saturated rings. The summed E-state index contributed by atoms with van der Waals surface area (Å²) in [5, 5.41) is 2.83. The Kier molecular flexibility index (Phi) is 6.99. The molecule has 10 heteroatoms. The fraction of sp³-hybridized carbons (Fsp3) is 0.579. The Morgan fingerprint density at radius 2 is 2.03 bits per heavy atom. The van der Waals surface area contributed by atoms with Crippen LogP contribution in [0.5, 0.6) is 5.75 Å². The first-order valence-corrected chi connectivity index (χ1v) is 11.3. The summed E-state index contributed by atoms with van der Waals surface area (Å²) in [6.07, 6.45) is 0.586. The first-order valence-electron chi connectivity index (χ1n) is 9.43. The lowest BCUT2D eigenvalue weighted by atomic mass is 10.0. The van der Waals surface area contributed by atoms with Gasteiger partial charge in [-0.15, -0.1) is 0 Å². The Morgan fingerprint density at radius 1 is 1.38 bits per heavy atom. The largest absolute Gasteiger partial charge is 0.485 e. The molecule has 0 aromatic heterocycles. The van der Waals surface area contributed by atoms with Crippen molar-refractivity contribution in [1.29, 1.82) is 0 Å². The molecule has 0 aliphatic carbocycles. The smallest absolute Gasteiger partial charge is 0.317 e. The zero-order chi connectivity index (χ0) is 21.9. The van der Waals surface area contributed by atoms with Crippen LogP contribution in [-0.4, -0.2) is 75.7 Å². The van der Waals surface area contributed by atoms with Crippen LogP contribution in [0.1, 0.15) is 31.1 Å². The molecule has 0 saturated carbocycles. The molecule has 1 aromatic carbocycles. The summed E-state index contributed by atoms with van der Waals surface area (Å²) in [6, 6.07) is 4.51. The Bertz CT molecular complexity index is 871. The van der Waals surface area contributed by atoms with Crippen LogP contribution in [0.25, 0.3) is 0 Å². The molecule has 3 amide bonds. The van der Waals surface area contributed by atoms with Gasteiger partial charge in [-0.1, -0.05) is 13.0 Å². The van der Waals surface area contributed by atoms with E-state index in [9.17, 15) is 18.0 Å². The third-order valence-corrected chi connectivity index (χ3v) is 5.16. The van der Waals surface area contributed by atoms with E-state index in [1.807, 2.05) is 20.8 Å². The van der Waals surface area contributed by atoms with Crippen molar-refractivity contribution in [2.45, 2.75) is 32.9 Å². The molecule has 2 rings (SSSR count). The summed E-state index contributed by atoms with van der Waals surface area (Å²) < 4.78 is 32.1. The number of ether oxygens (including phenoxy) is 1. The van der Waals surface area contributed by atoms with Gasteiger partial charge in [0.1, 0.15) is 6.10 Å². The van der Waals surface area contributed by atoms with E-state index in [0.717, 1.165) is 6.26 Å². The number of anilines is 1. The number of rotatable bonds is 5. The normalized spacial score (nSPS) is 19.7. The molecule has 1 aliphatic rings. The average Bonchev–Trinajstić information content (AvgIpc) is 2.58. The molecule has 1 aliphatic heterocycles. The van der Waals surface area contributed by atoms with Crippen molar-refractivity contribution < 1.29 is 22.7 Å². The third kappa shape index (κ3) is 5.99. The van der Waals surface area contributed by atoms with Gasteiger partial charge in [0.15, 0.2) is 5.75 Å². The second-order valence-electron chi connectivity index (χ2n) is 7.86. The number of nitrogens with one attached hydrogen (secondary N) is 2. The highest BCUT2D eigenvalue weighted by molar-refractivity contribution is 7.92. The molecule has 0 bridgehead atoms. The standard InChI is InChI=1S/C19H30N4O5S/c1-12(2)20-19(25)23(5)11-16-13(3)10-22(4)18(24)14-8-7-9-15(17(14)28-16)21-29(6,26)27/h7-9,12-13,16,21H,10-11H2,1-6H3,(H,20,25)/t13-,16+/m1/s1. The third-order valence-electron chi connectivity index (χ3n) is 4.57. The predicted octanol–water partition coefficient (Wildman–Crippen LogP) is 1.58. The number of para-hydroxylation sites is 1. The van der Waals surface area contributed by atoms with Gasteiger partial charge >= 0.3 is 6.03 Å². The molecule has 0 saturated heterocycles. The maximum absolute atomic E-state index is 12.8. The number of hydrogen-bond acceptors (Lipinski definition) is 5. The fourth-order valence-electron chi connectivity index (χ4n) is 3.15. The first-order chi connectivity index (χ1) is 13.4. The molecule has 0 spiro atoms. The fourth-order valence-corrected chi connectivity index (χ4v) is 3.71. The van der Waals surface area contributed by atoms with E-state index in [4.69, 9.17) is 4.74 Å². The average molecular weight is 427 g/mol. The molecule has 1 aromatic rings. The molecular weight excluding hydrogens is 396 g/mol. The predicted molar refractivity (Wildman–Crippen MR) is 112 cm³/mol. The van der Waals surface area contributed by atoms with Crippen LogP contribution in [-0.2, 0) is 10.0 Å². The van der Waals surface area contributed by atoms with Crippen molar-refractivity contribution in [3.63, 3.8) is 0 Å². The minimum Gasteiger partial charge on any atom is -0.485 e. The van der Waals surface area contributed by atoms with E-state index in [2.05, 4.69) is 10.0 Å². The summed E-state index contributed by atoms with van der Waals surface area (Å²) in [7, 11) is -0.212. The number of urea groups is 1. The summed E-state index contributed by atoms with van der Waals surface area (Å²) in [5.74, 6) is -0.185. The highest BCUT2D eigenvalue weighted by Gasteiger charge is 2.32. The Labute approximate surface area is 172 Å². The molecule has 0 unspecified atom stereocenters. The van der Waals surface area contributed by atoms with Crippen LogP contribution in [0.4, 0.5) is 10.5 Å². The number of carbonyl (C=O) groups excluding carboxylic acids is 2. The minimum atomic E-state index is -3.57. The second-order valence-corrected chi connectivity index (χ2v) is 9.61. The molecule has 0 radical (unpaired) electrons. The maximum Gasteiger partial charge on any atom is 0.317 e. The molecular formula is C19H30N4O5S.